The zero-order valence-corrected chi connectivity index (χ0v) is 14.7. The van der Waals surface area contributed by atoms with Gasteiger partial charge in [-0.1, -0.05) is 24.3 Å². The van der Waals surface area contributed by atoms with Crippen LogP contribution in [0.5, 0.6) is 0 Å². The average Bonchev–Trinajstić information content (AvgIpc) is 2.78. The lowest BCUT2D eigenvalue weighted by Gasteiger charge is -2.08. The highest BCUT2D eigenvalue weighted by atomic mass is 32.2. The van der Waals surface area contributed by atoms with Gasteiger partial charge in [0.1, 0.15) is 17.3 Å². The monoisotopic (exact) mass is 379 g/mol. The van der Waals surface area contributed by atoms with E-state index in [0.29, 0.717) is 11.4 Å². The van der Waals surface area contributed by atoms with Gasteiger partial charge in [-0.3, -0.25) is 14.2 Å². The molecule has 6 nitrogen and oxygen atoms in total. The summed E-state index contributed by atoms with van der Waals surface area (Å²) in [6, 6.07) is 11.3. The number of anilines is 1. The number of benzene rings is 2. The second-order valence-electron chi connectivity index (χ2n) is 5.59. The van der Waals surface area contributed by atoms with Gasteiger partial charge in [0, 0.05) is 7.05 Å². The number of aromatic nitrogens is 2. The molecule has 0 aliphatic rings. The Morgan fingerprint density at radius 1 is 0.962 bits per heavy atom. The number of hydrogen-bond acceptors (Lipinski definition) is 3. The fourth-order valence-corrected chi connectivity index (χ4v) is 3.87. The summed E-state index contributed by atoms with van der Waals surface area (Å²) in [4.78, 5) is 11.6. The zero-order chi connectivity index (χ0) is 19.1. The second kappa shape index (κ2) is 6.41. The number of halogens is 2. The van der Waals surface area contributed by atoms with Gasteiger partial charge >= 0.3 is 0 Å². The third-order valence-corrected chi connectivity index (χ3v) is 5.38. The molecular weight excluding hydrogens is 364 g/mol. The lowest BCUT2D eigenvalue weighted by Crippen LogP contribution is -2.24. The summed E-state index contributed by atoms with van der Waals surface area (Å²) in [7, 11) is -3.06. The smallest absolute Gasteiger partial charge is 0.283 e. The first-order chi connectivity index (χ1) is 12.2. The van der Waals surface area contributed by atoms with Crippen molar-refractivity contribution < 1.29 is 17.2 Å². The fourth-order valence-electron chi connectivity index (χ4n) is 2.61. The van der Waals surface area contributed by atoms with Crippen LogP contribution in [-0.4, -0.2) is 17.8 Å². The number of nitrogens with zero attached hydrogens (tertiary/aromatic N) is 2. The van der Waals surface area contributed by atoms with Crippen molar-refractivity contribution in [1.82, 2.24) is 9.36 Å². The molecule has 0 aliphatic carbocycles. The highest BCUT2D eigenvalue weighted by molar-refractivity contribution is 7.92. The van der Waals surface area contributed by atoms with Crippen LogP contribution in [0, 0.1) is 18.6 Å². The molecule has 0 radical (unpaired) electrons. The summed E-state index contributed by atoms with van der Waals surface area (Å²) >= 11 is 0. The van der Waals surface area contributed by atoms with Crippen molar-refractivity contribution in [3.8, 4) is 5.69 Å². The zero-order valence-electron chi connectivity index (χ0n) is 13.9. The Kier molecular flexibility index (Phi) is 4.41. The molecule has 2 aromatic carbocycles. The maximum atomic E-state index is 13.9. The summed E-state index contributed by atoms with van der Waals surface area (Å²) in [6.07, 6.45) is 0. The van der Waals surface area contributed by atoms with Gasteiger partial charge in [0.2, 0.25) is 0 Å². The Morgan fingerprint density at radius 2 is 1.54 bits per heavy atom. The number of nitrogens with one attached hydrogen (secondary N) is 1. The molecule has 9 heteroatoms. The number of hydrogen-bond donors (Lipinski definition) is 1. The minimum absolute atomic E-state index is 0.279. The van der Waals surface area contributed by atoms with Gasteiger partial charge in [-0.2, -0.15) is 0 Å². The van der Waals surface area contributed by atoms with Crippen LogP contribution in [0.2, 0.25) is 0 Å². The molecule has 0 aliphatic heterocycles. The first-order valence-corrected chi connectivity index (χ1v) is 9.03. The first kappa shape index (κ1) is 17.9. The molecular formula is C17H15F2N3O3S. The highest BCUT2D eigenvalue weighted by Gasteiger charge is 2.27. The predicted molar refractivity (Wildman–Crippen MR) is 92.9 cm³/mol. The molecule has 0 fully saturated rings. The van der Waals surface area contributed by atoms with E-state index in [4.69, 9.17) is 0 Å². The predicted octanol–water partition coefficient (Wildman–Crippen LogP) is 2.56. The molecule has 3 aromatic rings. The summed E-state index contributed by atoms with van der Waals surface area (Å²) in [5.74, 6) is -2.48. The Morgan fingerprint density at radius 3 is 2.12 bits per heavy atom. The second-order valence-corrected chi connectivity index (χ2v) is 7.21. The van der Waals surface area contributed by atoms with Crippen LogP contribution in [0.15, 0.2) is 58.2 Å². The molecule has 136 valence electrons. The van der Waals surface area contributed by atoms with Crippen LogP contribution < -0.4 is 10.3 Å². The van der Waals surface area contributed by atoms with Gasteiger partial charge in [-0.15, -0.1) is 0 Å². The van der Waals surface area contributed by atoms with Crippen molar-refractivity contribution in [2.24, 2.45) is 7.05 Å². The first-order valence-electron chi connectivity index (χ1n) is 7.55. The van der Waals surface area contributed by atoms with Gasteiger partial charge in [-0.05, 0) is 31.2 Å². The van der Waals surface area contributed by atoms with Crippen molar-refractivity contribution in [3.05, 3.63) is 76.2 Å². The molecule has 26 heavy (non-hydrogen) atoms. The van der Waals surface area contributed by atoms with Crippen LogP contribution in [0.25, 0.3) is 5.69 Å². The van der Waals surface area contributed by atoms with E-state index in [0.717, 1.165) is 18.2 Å². The van der Waals surface area contributed by atoms with E-state index < -0.39 is 32.1 Å². The molecule has 0 unspecified atom stereocenters. The van der Waals surface area contributed by atoms with E-state index in [1.165, 1.54) is 16.3 Å². The Balaban J connectivity index is 2.14. The van der Waals surface area contributed by atoms with E-state index in [-0.39, 0.29) is 5.69 Å². The average molecular weight is 379 g/mol. The van der Waals surface area contributed by atoms with Crippen LogP contribution in [0.4, 0.5) is 14.5 Å². The van der Waals surface area contributed by atoms with Crippen molar-refractivity contribution in [3.63, 3.8) is 0 Å². The topological polar surface area (TPSA) is 73.1 Å². The van der Waals surface area contributed by atoms with Gasteiger partial charge in [0.15, 0.2) is 4.90 Å². The standard InChI is InChI=1S/C17H15F2N3O3S/c1-11-15(17(23)22(21(11)2)12-7-4-3-5-8-12)20-26(24,25)16-13(18)9-6-10-14(16)19/h3-10,20H,1-2H3. The number of sulfonamides is 1. The molecule has 0 bridgehead atoms. The molecule has 3 rings (SSSR count). The molecule has 0 amide bonds. The maximum absolute atomic E-state index is 13.9. The molecule has 1 N–H and O–H groups in total. The quantitative estimate of drug-likeness (QED) is 0.757. The Bertz CT molecular complexity index is 1120. The molecule has 0 saturated carbocycles. The number of para-hydroxylation sites is 1. The third kappa shape index (κ3) is 2.90. The van der Waals surface area contributed by atoms with Crippen molar-refractivity contribution in [2.75, 3.05) is 4.72 Å². The summed E-state index contributed by atoms with van der Waals surface area (Å²) in [5.41, 5.74) is -0.125. The summed E-state index contributed by atoms with van der Waals surface area (Å²) in [6.45, 7) is 1.52. The minimum Gasteiger partial charge on any atom is -0.283 e. The van der Waals surface area contributed by atoms with Crippen LogP contribution in [0.3, 0.4) is 0 Å². The normalized spacial score (nSPS) is 11.5. The molecule has 0 atom stereocenters. The Labute approximate surface area is 148 Å². The van der Waals surface area contributed by atoms with E-state index in [9.17, 15) is 22.0 Å². The van der Waals surface area contributed by atoms with E-state index in [2.05, 4.69) is 0 Å². The van der Waals surface area contributed by atoms with E-state index >= 15 is 0 Å². The van der Waals surface area contributed by atoms with E-state index in [1.54, 1.807) is 37.4 Å². The maximum Gasteiger partial charge on any atom is 0.296 e. The SMILES string of the molecule is Cc1c(NS(=O)(=O)c2c(F)cccc2F)c(=O)n(-c2ccccc2)n1C. The van der Waals surface area contributed by atoms with Crippen molar-refractivity contribution in [2.45, 2.75) is 11.8 Å². The summed E-state index contributed by atoms with van der Waals surface area (Å²) < 4.78 is 57.3. The van der Waals surface area contributed by atoms with Gasteiger partial charge < -0.3 is 0 Å². The van der Waals surface area contributed by atoms with Crippen molar-refractivity contribution >= 4 is 15.7 Å². The lowest BCUT2D eigenvalue weighted by atomic mass is 10.3. The highest BCUT2D eigenvalue weighted by Crippen LogP contribution is 2.22. The van der Waals surface area contributed by atoms with Crippen LogP contribution >= 0.6 is 0 Å². The van der Waals surface area contributed by atoms with Gasteiger partial charge in [0.25, 0.3) is 15.6 Å². The minimum atomic E-state index is -4.63. The summed E-state index contributed by atoms with van der Waals surface area (Å²) in [5, 5.41) is 0. The molecule has 1 aromatic heterocycles. The van der Waals surface area contributed by atoms with Crippen molar-refractivity contribution in [1.29, 1.82) is 0 Å². The number of rotatable bonds is 4. The lowest BCUT2D eigenvalue weighted by molar-refractivity contribution is 0.521. The van der Waals surface area contributed by atoms with Crippen LogP contribution in [0.1, 0.15) is 5.69 Å². The molecule has 0 spiro atoms. The largest absolute Gasteiger partial charge is 0.296 e. The van der Waals surface area contributed by atoms with Gasteiger partial charge in [0.05, 0.1) is 11.4 Å². The molecule has 0 saturated heterocycles. The molecule has 1 heterocycles. The fraction of sp³-hybridized carbons (Fsp3) is 0.118. The Hall–Kier alpha value is -2.94. The third-order valence-electron chi connectivity index (χ3n) is 3.98. The van der Waals surface area contributed by atoms with E-state index in [1.807, 2.05) is 4.72 Å². The van der Waals surface area contributed by atoms with Crippen LogP contribution in [-0.2, 0) is 17.1 Å². The van der Waals surface area contributed by atoms with Gasteiger partial charge in [-0.25, -0.2) is 21.9 Å².